The molecule has 1 amide bonds. The van der Waals surface area contributed by atoms with Crippen molar-refractivity contribution in [3.63, 3.8) is 0 Å². The molecule has 2 heterocycles. The molecule has 1 aliphatic heterocycles. The molecule has 0 aliphatic carbocycles. The highest BCUT2D eigenvalue weighted by Gasteiger charge is 2.42. The number of pyridine rings is 1. The van der Waals surface area contributed by atoms with Crippen molar-refractivity contribution in [3.8, 4) is 0 Å². The zero-order valence-electron chi connectivity index (χ0n) is 17.2. The molecule has 0 saturated heterocycles. The Morgan fingerprint density at radius 3 is 2.71 bits per heavy atom. The Kier molecular flexibility index (Phi) is 7.49. The van der Waals surface area contributed by atoms with Crippen molar-refractivity contribution in [2.24, 2.45) is 11.5 Å². The van der Waals surface area contributed by atoms with Crippen molar-refractivity contribution < 1.29 is 32.2 Å². The molecule has 12 heteroatoms. The van der Waals surface area contributed by atoms with E-state index >= 15 is 0 Å². The number of nitrogens with one attached hydrogen (secondary N) is 1. The lowest BCUT2D eigenvalue weighted by Gasteiger charge is -2.28. The number of aliphatic hydroxyl groups is 1. The Bertz CT molecular complexity index is 891. The predicted molar refractivity (Wildman–Crippen MR) is 104 cm³/mol. The van der Waals surface area contributed by atoms with Crippen molar-refractivity contribution in [2.45, 2.75) is 45.0 Å². The van der Waals surface area contributed by atoms with E-state index in [9.17, 15) is 27.5 Å². The first kappa shape index (κ1) is 24.4. The molecule has 6 N–H and O–H groups in total. The van der Waals surface area contributed by atoms with Crippen molar-refractivity contribution in [2.75, 3.05) is 13.7 Å². The molecule has 0 aromatic carbocycles. The molecule has 0 fully saturated rings. The third-order valence-corrected chi connectivity index (χ3v) is 4.96. The van der Waals surface area contributed by atoms with Gasteiger partial charge >= 0.3 is 12.3 Å². The minimum atomic E-state index is -4.34. The number of hydrogen-bond acceptors (Lipinski definition) is 7. The van der Waals surface area contributed by atoms with Crippen LogP contribution in [0.25, 0.3) is 0 Å². The Hall–Kier alpha value is -2.86. The molecule has 1 aromatic rings. The number of rotatable bonds is 8. The van der Waals surface area contributed by atoms with Gasteiger partial charge in [-0.25, -0.2) is 8.78 Å². The van der Waals surface area contributed by atoms with E-state index in [0.29, 0.717) is 11.1 Å². The molecule has 2 rings (SSSR count). The summed E-state index contributed by atoms with van der Waals surface area (Å²) in [7, 11) is 1.47. The van der Waals surface area contributed by atoms with Crippen molar-refractivity contribution in [3.05, 3.63) is 52.3 Å². The van der Waals surface area contributed by atoms with Crippen LogP contribution in [0.4, 0.5) is 17.6 Å². The molecule has 31 heavy (non-hydrogen) atoms. The maximum absolute atomic E-state index is 13.0. The Morgan fingerprint density at radius 1 is 1.48 bits per heavy atom. The highest BCUT2D eigenvalue weighted by molar-refractivity contribution is 5.94. The molecule has 2 unspecified atom stereocenters. The van der Waals surface area contributed by atoms with Gasteiger partial charge < -0.3 is 26.6 Å². The smallest absolute Gasteiger partial charge is 0.340 e. The molecular weight excluding hydrogens is 422 g/mol. The summed E-state index contributed by atoms with van der Waals surface area (Å²) in [6.07, 6.45) is -2.19. The second kappa shape index (κ2) is 9.52. The molecule has 1 aliphatic rings. The lowest BCUT2D eigenvalue weighted by Crippen LogP contribution is -2.36. The minimum absolute atomic E-state index is 0.147. The standard InChI is InChI=1S/C19H25F4N5O3/c1-9(15(25)31-8-19(22,23)18(20)21)6-13(24)10(2)28-7-12-11(17(28)30)4-5-27-14(12)16(29)26-3/h4-6,10,17-18,30H,7-8,24-25H2,1-3H3,(H,26,29)/b13-6-,15-9+. The lowest BCUT2D eigenvalue weighted by atomic mass is 10.1. The number of amides is 1. The van der Waals surface area contributed by atoms with Gasteiger partial charge in [0.05, 0.1) is 0 Å². The van der Waals surface area contributed by atoms with Gasteiger partial charge in [0.25, 0.3) is 5.91 Å². The Labute approximate surface area is 176 Å². The van der Waals surface area contributed by atoms with Gasteiger partial charge in [-0.3, -0.25) is 14.7 Å². The average molecular weight is 447 g/mol. The zero-order chi connectivity index (χ0) is 23.5. The molecule has 0 bridgehead atoms. The van der Waals surface area contributed by atoms with E-state index < -0.39 is 43.0 Å². The van der Waals surface area contributed by atoms with E-state index in [4.69, 9.17) is 11.5 Å². The summed E-state index contributed by atoms with van der Waals surface area (Å²) in [6.45, 7) is 1.70. The predicted octanol–water partition coefficient (Wildman–Crippen LogP) is 1.59. The van der Waals surface area contributed by atoms with Gasteiger partial charge in [-0.05, 0) is 26.0 Å². The van der Waals surface area contributed by atoms with E-state index in [1.807, 2.05) is 0 Å². The van der Waals surface area contributed by atoms with Gasteiger partial charge in [-0.1, -0.05) is 0 Å². The van der Waals surface area contributed by atoms with Crippen LogP contribution in [0.5, 0.6) is 0 Å². The first-order chi connectivity index (χ1) is 14.4. The van der Waals surface area contributed by atoms with E-state index in [0.717, 1.165) is 0 Å². The van der Waals surface area contributed by atoms with E-state index in [1.165, 1.54) is 26.2 Å². The number of hydrogen-bond donors (Lipinski definition) is 4. The largest absolute Gasteiger partial charge is 0.473 e. The molecule has 172 valence electrons. The second-order valence-electron chi connectivity index (χ2n) is 7.07. The van der Waals surface area contributed by atoms with Gasteiger partial charge in [0.1, 0.15) is 11.9 Å². The van der Waals surface area contributed by atoms with Crippen LogP contribution < -0.4 is 16.8 Å². The van der Waals surface area contributed by atoms with E-state index in [2.05, 4.69) is 15.0 Å². The molecule has 8 nitrogen and oxygen atoms in total. The van der Waals surface area contributed by atoms with Crippen LogP contribution in [0.3, 0.4) is 0 Å². The number of allylic oxidation sites excluding steroid dienone is 2. The van der Waals surface area contributed by atoms with Crippen LogP contribution in [0.15, 0.2) is 35.5 Å². The van der Waals surface area contributed by atoms with Crippen molar-refractivity contribution in [1.29, 1.82) is 0 Å². The normalized spacial score (nSPS) is 19.1. The van der Waals surface area contributed by atoms with E-state index in [1.54, 1.807) is 17.9 Å². The summed E-state index contributed by atoms with van der Waals surface area (Å²) in [6, 6.07) is 1.03. The molecule has 2 atom stereocenters. The van der Waals surface area contributed by atoms with Crippen LogP contribution >= 0.6 is 0 Å². The summed E-state index contributed by atoms with van der Waals surface area (Å²) in [5.41, 5.74) is 13.2. The fourth-order valence-electron chi connectivity index (χ4n) is 3.01. The first-order valence-electron chi connectivity index (χ1n) is 9.26. The quantitative estimate of drug-likeness (QED) is 0.271. The highest BCUT2D eigenvalue weighted by atomic mass is 19.3. The first-order valence-corrected chi connectivity index (χ1v) is 9.26. The fourth-order valence-corrected chi connectivity index (χ4v) is 3.01. The lowest BCUT2D eigenvalue weighted by molar-refractivity contribution is -0.158. The van der Waals surface area contributed by atoms with Crippen LogP contribution in [0, 0.1) is 0 Å². The summed E-state index contributed by atoms with van der Waals surface area (Å²) >= 11 is 0. The van der Waals surface area contributed by atoms with Crippen molar-refractivity contribution in [1.82, 2.24) is 15.2 Å². The number of ether oxygens (including phenoxy) is 1. The molecule has 0 spiro atoms. The second-order valence-corrected chi connectivity index (χ2v) is 7.07. The average Bonchev–Trinajstić information content (AvgIpc) is 3.07. The van der Waals surface area contributed by atoms with Crippen LogP contribution in [-0.2, 0) is 11.3 Å². The summed E-state index contributed by atoms with van der Waals surface area (Å²) in [5, 5.41) is 13.2. The number of alkyl halides is 4. The maximum Gasteiger partial charge on any atom is 0.340 e. The summed E-state index contributed by atoms with van der Waals surface area (Å²) < 4.78 is 55.0. The number of aliphatic hydroxyl groups excluding tert-OH is 1. The van der Waals surface area contributed by atoms with Gasteiger partial charge in [-0.2, -0.15) is 8.78 Å². The molecular formula is C19H25F4N5O3. The van der Waals surface area contributed by atoms with Gasteiger partial charge in [0.15, 0.2) is 12.5 Å². The number of fused-ring (bicyclic) bond motifs is 1. The summed E-state index contributed by atoms with van der Waals surface area (Å²) in [5.74, 6) is -5.21. The number of halogens is 4. The molecule has 1 aromatic heterocycles. The fraction of sp³-hybridized carbons (Fsp3) is 0.474. The van der Waals surface area contributed by atoms with Gasteiger partial charge in [-0.15, -0.1) is 0 Å². The van der Waals surface area contributed by atoms with Crippen molar-refractivity contribution >= 4 is 5.91 Å². The number of nitrogens with zero attached hydrogens (tertiary/aromatic N) is 2. The third-order valence-electron chi connectivity index (χ3n) is 4.96. The zero-order valence-corrected chi connectivity index (χ0v) is 17.2. The van der Waals surface area contributed by atoms with E-state index in [-0.39, 0.29) is 23.5 Å². The summed E-state index contributed by atoms with van der Waals surface area (Å²) in [4.78, 5) is 17.7. The minimum Gasteiger partial charge on any atom is -0.473 e. The number of aromatic nitrogens is 1. The van der Waals surface area contributed by atoms with Crippen LogP contribution in [-0.4, -0.2) is 52.9 Å². The third kappa shape index (κ3) is 5.25. The number of carbonyl (C=O) groups is 1. The topological polar surface area (TPSA) is 127 Å². The van der Waals surface area contributed by atoms with Gasteiger partial charge in [0.2, 0.25) is 0 Å². The number of nitrogens with two attached hydrogens (primary N) is 2. The highest BCUT2D eigenvalue weighted by Crippen LogP contribution is 2.35. The Morgan fingerprint density at radius 2 is 2.13 bits per heavy atom. The number of carbonyl (C=O) groups excluding carboxylic acids is 1. The van der Waals surface area contributed by atoms with Crippen LogP contribution in [0.1, 0.15) is 41.7 Å². The Balaban J connectivity index is 2.18. The monoisotopic (exact) mass is 447 g/mol. The molecule has 0 saturated carbocycles. The SMILES string of the molecule is CNC(=O)c1nccc2c1CN(C(C)/C(N)=C/C(C)=C(\N)OCC(F)(F)C(F)F)C2O. The van der Waals surface area contributed by atoms with Gasteiger partial charge in [0, 0.05) is 48.2 Å². The van der Waals surface area contributed by atoms with Crippen LogP contribution in [0.2, 0.25) is 0 Å². The maximum atomic E-state index is 13.0. The molecule has 0 radical (unpaired) electrons.